The molecule has 4 nitrogen and oxygen atoms in total. The third-order valence-electron chi connectivity index (χ3n) is 4.00. The Kier molecular flexibility index (Phi) is 6.05. The van der Waals surface area contributed by atoms with Crippen LogP contribution in [0.4, 0.5) is 5.69 Å². The van der Waals surface area contributed by atoms with E-state index in [0.717, 1.165) is 23.2 Å². The van der Waals surface area contributed by atoms with Crippen LogP contribution in [0.2, 0.25) is 0 Å². The number of ether oxygens (including phenoxy) is 1. The van der Waals surface area contributed by atoms with Gasteiger partial charge in [0.15, 0.2) is 0 Å². The summed E-state index contributed by atoms with van der Waals surface area (Å²) in [7, 11) is 0. The topological polar surface area (TPSA) is 44.7 Å². The largest absolute Gasteiger partial charge is 0.394 e. The molecule has 0 spiro atoms. The van der Waals surface area contributed by atoms with Gasteiger partial charge in [0.1, 0.15) is 0 Å². The average Bonchev–Trinajstić information content (AvgIpc) is 2.48. The molecule has 1 aliphatic heterocycles. The van der Waals surface area contributed by atoms with Crippen molar-refractivity contribution in [1.82, 2.24) is 5.32 Å². The zero-order valence-corrected chi connectivity index (χ0v) is 14.6. The lowest BCUT2D eigenvalue weighted by molar-refractivity contribution is -0.0103. The number of morpholine rings is 1. The van der Waals surface area contributed by atoms with Crippen molar-refractivity contribution in [2.45, 2.75) is 39.0 Å². The molecule has 1 aromatic rings. The number of nitrogens with one attached hydrogen (secondary N) is 1. The van der Waals surface area contributed by atoms with Gasteiger partial charge in [0.2, 0.25) is 0 Å². The Labute approximate surface area is 135 Å². The second-order valence-electron chi connectivity index (χ2n) is 5.63. The Hall–Kier alpha value is -0.620. The molecule has 1 heterocycles. The fraction of sp³-hybridized carbons (Fsp3) is 0.625. The van der Waals surface area contributed by atoms with Crippen LogP contribution in [0.15, 0.2) is 22.7 Å². The summed E-state index contributed by atoms with van der Waals surface area (Å²) >= 11 is 3.70. The summed E-state index contributed by atoms with van der Waals surface area (Å²) in [5.41, 5.74) is 2.43. The fourth-order valence-corrected chi connectivity index (χ4v) is 3.34. The summed E-state index contributed by atoms with van der Waals surface area (Å²) in [6.45, 7) is 8.82. The molecule has 2 N–H and O–H groups in total. The first-order valence-electron chi connectivity index (χ1n) is 7.58. The van der Waals surface area contributed by atoms with Gasteiger partial charge < -0.3 is 20.1 Å². The van der Waals surface area contributed by atoms with Gasteiger partial charge in [-0.2, -0.15) is 0 Å². The first kappa shape index (κ1) is 16.7. The molecule has 1 aliphatic rings. The quantitative estimate of drug-likeness (QED) is 0.851. The van der Waals surface area contributed by atoms with Gasteiger partial charge in [0.05, 0.1) is 25.0 Å². The number of aliphatic hydroxyl groups is 1. The lowest BCUT2D eigenvalue weighted by Gasteiger charge is -2.39. The van der Waals surface area contributed by atoms with E-state index in [0.29, 0.717) is 18.7 Å². The molecule has 0 bridgehead atoms. The number of hydrogen-bond donors (Lipinski definition) is 2. The van der Waals surface area contributed by atoms with E-state index in [2.05, 4.69) is 65.1 Å². The Morgan fingerprint density at radius 1 is 1.52 bits per heavy atom. The van der Waals surface area contributed by atoms with Crippen LogP contribution in [0.25, 0.3) is 0 Å². The molecule has 0 amide bonds. The van der Waals surface area contributed by atoms with E-state index in [-0.39, 0.29) is 12.7 Å². The maximum atomic E-state index is 9.32. The minimum Gasteiger partial charge on any atom is -0.394 e. The van der Waals surface area contributed by atoms with Crippen molar-refractivity contribution in [1.29, 1.82) is 0 Å². The van der Waals surface area contributed by atoms with E-state index in [1.807, 2.05) is 0 Å². The van der Waals surface area contributed by atoms with Crippen LogP contribution >= 0.6 is 15.9 Å². The van der Waals surface area contributed by atoms with E-state index in [9.17, 15) is 5.11 Å². The van der Waals surface area contributed by atoms with Crippen LogP contribution in [-0.2, 0) is 4.74 Å². The number of halogens is 1. The maximum absolute atomic E-state index is 9.32. The van der Waals surface area contributed by atoms with Gasteiger partial charge in [-0.15, -0.1) is 0 Å². The smallest absolute Gasteiger partial charge is 0.0981 e. The monoisotopic (exact) mass is 356 g/mol. The summed E-state index contributed by atoms with van der Waals surface area (Å²) in [6.07, 6.45) is -0.103. The van der Waals surface area contributed by atoms with Gasteiger partial charge in [-0.25, -0.2) is 0 Å². The molecule has 0 saturated carbocycles. The van der Waals surface area contributed by atoms with Gasteiger partial charge in [-0.1, -0.05) is 13.0 Å². The van der Waals surface area contributed by atoms with Gasteiger partial charge in [-0.3, -0.25) is 0 Å². The first-order valence-corrected chi connectivity index (χ1v) is 8.38. The highest BCUT2D eigenvalue weighted by atomic mass is 79.9. The summed E-state index contributed by atoms with van der Waals surface area (Å²) < 4.78 is 6.70. The number of benzene rings is 1. The Bertz CT molecular complexity index is 470. The molecule has 3 atom stereocenters. The van der Waals surface area contributed by atoms with Gasteiger partial charge in [0, 0.05) is 23.1 Å². The molecular formula is C16H25BrN2O2. The van der Waals surface area contributed by atoms with Crippen molar-refractivity contribution in [3.05, 3.63) is 28.2 Å². The molecule has 2 rings (SSSR count). The predicted molar refractivity (Wildman–Crippen MR) is 89.9 cm³/mol. The number of anilines is 1. The number of hydrogen-bond acceptors (Lipinski definition) is 4. The second-order valence-corrected chi connectivity index (χ2v) is 6.48. The van der Waals surface area contributed by atoms with Crippen LogP contribution < -0.4 is 10.2 Å². The Morgan fingerprint density at radius 3 is 2.90 bits per heavy atom. The van der Waals surface area contributed by atoms with Crippen molar-refractivity contribution in [3.8, 4) is 0 Å². The fourth-order valence-electron chi connectivity index (χ4n) is 2.71. The van der Waals surface area contributed by atoms with Crippen LogP contribution in [0.1, 0.15) is 32.4 Å². The third-order valence-corrected chi connectivity index (χ3v) is 4.64. The van der Waals surface area contributed by atoms with Gasteiger partial charge in [0.25, 0.3) is 0 Å². The van der Waals surface area contributed by atoms with Crippen LogP contribution in [0.3, 0.4) is 0 Å². The Morgan fingerprint density at radius 2 is 2.29 bits per heavy atom. The molecule has 0 radical (unpaired) electrons. The van der Waals surface area contributed by atoms with Crippen LogP contribution in [-0.4, -0.2) is 43.6 Å². The molecule has 118 valence electrons. The predicted octanol–water partition coefficient (Wildman–Crippen LogP) is 2.71. The minimum absolute atomic E-state index is 0.0658. The summed E-state index contributed by atoms with van der Waals surface area (Å²) in [5.74, 6) is 0. The third kappa shape index (κ3) is 3.97. The molecule has 1 fully saturated rings. The number of aliphatic hydroxyl groups excluding tert-OH is 1. The highest BCUT2D eigenvalue weighted by Crippen LogP contribution is 2.32. The van der Waals surface area contributed by atoms with E-state index in [1.165, 1.54) is 5.56 Å². The zero-order valence-electron chi connectivity index (χ0n) is 13.0. The lowest BCUT2D eigenvalue weighted by atomic mass is 10.1. The average molecular weight is 357 g/mol. The molecule has 1 aromatic carbocycles. The van der Waals surface area contributed by atoms with Crippen LogP contribution in [0.5, 0.6) is 0 Å². The standard InChI is InChI=1S/C16H25BrN2O2/c1-4-18-12(3)13-5-6-16(15(17)7-13)19-8-14(9-20)21-10-11(19)2/h5-7,11-12,14,18,20H,4,8-10H2,1-3H3. The molecule has 1 saturated heterocycles. The van der Waals surface area contributed by atoms with Crippen molar-refractivity contribution >= 4 is 21.6 Å². The van der Waals surface area contributed by atoms with E-state index in [4.69, 9.17) is 4.74 Å². The summed E-state index contributed by atoms with van der Waals surface area (Å²) in [4.78, 5) is 2.30. The molecule has 5 heteroatoms. The zero-order chi connectivity index (χ0) is 15.4. The van der Waals surface area contributed by atoms with Crippen molar-refractivity contribution in [2.24, 2.45) is 0 Å². The molecule has 3 unspecified atom stereocenters. The Balaban J connectivity index is 2.19. The molecular weight excluding hydrogens is 332 g/mol. The first-order chi connectivity index (χ1) is 10.1. The van der Waals surface area contributed by atoms with Crippen molar-refractivity contribution in [2.75, 3.05) is 31.2 Å². The highest BCUT2D eigenvalue weighted by molar-refractivity contribution is 9.10. The van der Waals surface area contributed by atoms with Crippen molar-refractivity contribution in [3.63, 3.8) is 0 Å². The molecule has 0 aliphatic carbocycles. The highest BCUT2D eigenvalue weighted by Gasteiger charge is 2.27. The van der Waals surface area contributed by atoms with E-state index in [1.54, 1.807) is 0 Å². The number of nitrogens with zero attached hydrogens (tertiary/aromatic N) is 1. The lowest BCUT2D eigenvalue weighted by Crippen LogP contribution is -2.49. The van der Waals surface area contributed by atoms with Crippen molar-refractivity contribution < 1.29 is 9.84 Å². The summed E-state index contributed by atoms with van der Waals surface area (Å²) in [5, 5.41) is 12.7. The van der Waals surface area contributed by atoms with Crippen LogP contribution in [0, 0.1) is 0 Å². The second kappa shape index (κ2) is 7.58. The SMILES string of the molecule is CCNC(C)c1ccc(N2CC(CO)OCC2C)c(Br)c1. The van der Waals surface area contributed by atoms with E-state index < -0.39 is 0 Å². The summed E-state index contributed by atoms with van der Waals surface area (Å²) in [6, 6.07) is 7.15. The maximum Gasteiger partial charge on any atom is 0.0981 e. The minimum atomic E-state index is -0.103. The number of rotatable bonds is 5. The molecule has 0 aromatic heterocycles. The normalized spacial score (nSPS) is 24.1. The molecule has 21 heavy (non-hydrogen) atoms. The van der Waals surface area contributed by atoms with Gasteiger partial charge >= 0.3 is 0 Å². The van der Waals surface area contributed by atoms with Gasteiger partial charge in [-0.05, 0) is 54.0 Å². The van der Waals surface area contributed by atoms with E-state index >= 15 is 0 Å².